The Bertz CT molecular complexity index is 316. The summed E-state index contributed by atoms with van der Waals surface area (Å²) >= 11 is 0. The second kappa shape index (κ2) is 3.03. The molecule has 4 heteroatoms. The molecule has 2 nitrogen and oxygen atoms in total. The molecule has 0 spiro atoms. The summed E-state index contributed by atoms with van der Waals surface area (Å²) in [5.74, 6) is -2.02. The summed E-state index contributed by atoms with van der Waals surface area (Å²) < 4.78 is 25.0. The highest BCUT2D eigenvalue weighted by atomic mass is 19.2. The van der Waals surface area contributed by atoms with E-state index in [1.165, 1.54) is 12.1 Å². The number of hydrogen-bond acceptors (Lipinski definition) is 2. The number of nitrogens with one attached hydrogen (secondary N) is 1. The van der Waals surface area contributed by atoms with Crippen LogP contribution in [0, 0.1) is 17.0 Å². The fraction of sp³-hybridized carbons (Fsp3) is 0. The lowest BCUT2D eigenvalue weighted by Gasteiger charge is -1.93. The van der Waals surface area contributed by atoms with Crippen LogP contribution in [0.3, 0.4) is 0 Å². The summed E-state index contributed by atoms with van der Waals surface area (Å²) in [5.41, 5.74) is -0.208. The molecule has 0 unspecified atom stereocenters. The monoisotopic (exact) mass is 154 g/mol. The van der Waals surface area contributed by atoms with Gasteiger partial charge in [0.1, 0.15) is 5.69 Å². The maximum absolute atomic E-state index is 12.6. The van der Waals surface area contributed by atoms with Crippen LogP contribution in [0.1, 0.15) is 0 Å². The zero-order chi connectivity index (χ0) is 8.27. The lowest BCUT2D eigenvalue weighted by atomic mass is 10.3. The van der Waals surface area contributed by atoms with E-state index in [-0.39, 0.29) is 5.69 Å². The van der Waals surface area contributed by atoms with Crippen LogP contribution in [-0.4, -0.2) is 6.01 Å². The molecule has 0 saturated carbocycles. The van der Waals surface area contributed by atoms with E-state index in [9.17, 15) is 8.78 Å². The number of halogens is 2. The predicted octanol–water partition coefficient (Wildman–Crippen LogP) is 2.35. The zero-order valence-electron chi connectivity index (χ0n) is 5.44. The third-order valence-electron chi connectivity index (χ3n) is 1.11. The zero-order valence-corrected chi connectivity index (χ0v) is 5.44. The Labute approximate surface area is 61.7 Å². The van der Waals surface area contributed by atoms with Crippen LogP contribution in [0.4, 0.5) is 14.5 Å². The fourth-order valence-corrected chi connectivity index (χ4v) is 0.639. The summed E-state index contributed by atoms with van der Waals surface area (Å²) in [6.07, 6.45) is 0. The van der Waals surface area contributed by atoms with Gasteiger partial charge in [0.2, 0.25) is 0 Å². The number of aliphatic imine (C=N–C) groups is 1. The van der Waals surface area contributed by atoms with Gasteiger partial charge in [0, 0.05) is 0 Å². The van der Waals surface area contributed by atoms with Gasteiger partial charge >= 0.3 is 0 Å². The molecule has 0 aliphatic rings. The normalized spacial score (nSPS) is 8.91. The summed E-state index contributed by atoms with van der Waals surface area (Å²) in [6.45, 7) is 0. The summed E-state index contributed by atoms with van der Waals surface area (Å²) in [7, 11) is 0. The van der Waals surface area contributed by atoms with Gasteiger partial charge in [-0.15, -0.1) is 0 Å². The van der Waals surface area contributed by atoms with Crippen LogP contribution in [0.25, 0.3) is 0 Å². The molecule has 0 amide bonds. The van der Waals surface area contributed by atoms with Gasteiger partial charge in [0.15, 0.2) is 11.6 Å². The number of rotatable bonds is 1. The average molecular weight is 154 g/mol. The lowest BCUT2D eigenvalue weighted by molar-refractivity contribution is 0.510. The fourth-order valence-electron chi connectivity index (χ4n) is 0.639. The van der Waals surface area contributed by atoms with Crippen molar-refractivity contribution in [3.8, 4) is 0 Å². The van der Waals surface area contributed by atoms with Gasteiger partial charge in [-0.25, -0.2) is 14.2 Å². The van der Waals surface area contributed by atoms with E-state index in [1.54, 1.807) is 6.01 Å². The summed E-state index contributed by atoms with van der Waals surface area (Å²) in [5, 5.41) is 6.40. The number of benzene rings is 1. The molecular formula is C7H4F2N2. The van der Waals surface area contributed by atoms with Gasteiger partial charge < -0.3 is 0 Å². The van der Waals surface area contributed by atoms with Crippen molar-refractivity contribution in [2.45, 2.75) is 0 Å². The molecule has 0 aromatic heterocycles. The first-order valence-electron chi connectivity index (χ1n) is 2.82. The third-order valence-corrected chi connectivity index (χ3v) is 1.11. The molecule has 1 N–H and O–H groups in total. The van der Waals surface area contributed by atoms with E-state index in [0.717, 1.165) is 6.07 Å². The van der Waals surface area contributed by atoms with Crippen LogP contribution in [-0.2, 0) is 0 Å². The molecule has 0 fully saturated rings. The van der Waals surface area contributed by atoms with Gasteiger partial charge in [0.05, 0.1) is 6.01 Å². The standard InChI is InChI=1S/C7H4F2N2/c8-5-2-1-3-6(7(5)9)11-4-10/h1-3,10H. The minimum Gasteiger partial charge on any atom is -0.241 e. The highest BCUT2D eigenvalue weighted by Crippen LogP contribution is 2.18. The van der Waals surface area contributed by atoms with E-state index >= 15 is 0 Å². The molecule has 0 bridgehead atoms. The Morgan fingerprint density at radius 2 is 2.09 bits per heavy atom. The van der Waals surface area contributed by atoms with Gasteiger partial charge in [-0.3, -0.25) is 0 Å². The van der Waals surface area contributed by atoms with Crippen molar-refractivity contribution >= 4 is 11.7 Å². The Kier molecular flexibility index (Phi) is 2.09. The van der Waals surface area contributed by atoms with Crippen molar-refractivity contribution in [1.29, 1.82) is 5.41 Å². The first-order chi connectivity index (χ1) is 5.25. The maximum atomic E-state index is 12.6. The second-order valence-electron chi connectivity index (χ2n) is 1.80. The average Bonchev–Trinajstić information content (AvgIpc) is 1.99. The van der Waals surface area contributed by atoms with E-state index in [0.29, 0.717) is 0 Å². The van der Waals surface area contributed by atoms with Crippen LogP contribution in [0.2, 0.25) is 0 Å². The van der Waals surface area contributed by atoms with Crippen LogP contribution in [0.15, 0.2) is 23.2 Å². The molecule has 1 aromatic carbocycles. The van der Waals surface area contributed by atoms with Crippen molar-refractivity contribution in [3.63, 3.8) is 0 Å². The Morgan fingerprint density at radius 3 is 2.73 bits per heavy atom. The first-order valence-corrected chi connectivity index (χ1v) is 2.82. The molecule has 1 rings (SSSR count). The molecule has 0 heterocycles. The van der Waals surface area contributed by atoms with E-state index in [1.807, 2.05) is 0 Å². The number of nitrogens with zero attached hydrogens (tertiary/aromatic N) is 1. The Hall–Kier alpha value is -1.54. The van der Waals surface area contributed by atoms with E-state index < -0.39 is 11.6 Å². The molecule has 0 aliphatic heterocycles. The van der Waals surface area contributed by atoms with E-state index in [2.05, 4.69) is 4.99 Å². The highest BCUT2D eigenvalue weighted by molar-refractivity contribution is 5.50. The maximum Gasteiger partial charge on any atom is 0.185 e. The topological polar surface area (TPSA) is 36.2 Å². The molecular weight excluding hydrogens is 150 g/mol. The van der Waals surface area contributed by atoms with Gasteiger partial charge in [-0.2, -0.15) is 4.99 Å². The van der Waals surface area contributed by atoms with Crippen LogP contribution < -0.4 is 0 Å². The quantitative estimate of drug-likeness (QED) is 0.603. The Morgan fingerprint density at radius 1 is 1.36 bits per heavy atom. The summed E-state index contributed by atoms with van der Waals surface area (Å²) in [6, 6.07) is 5.18. The summed E-state index contributed by atoms with van der Waals surface area (Å²) in [4.78, 5) is 3.17. The van der Waals surface area contributed by atoms with Crippen molar-refractivity contribution in [1.82, 2.24) is 0 Å². The number of hydrogen-bond donors (Lipinski definition) is 1. The minimum absolute atomic E-state index is 0.208. The molecule has 0 saturated heterocycles. The predicted molar refractivity (Wildman–Crippen MR) is 36.2 cm³/mol. The van der Waals surface area contributed by atoms with Crippen molar-refractivity contribution in [2.24, 2.45) is 4.99 Å². The Balaban J connectivity index is 3.26. The van der Waals surface area contributed by atoms with Gasteiger partial charge in [-0.05, 0) is 12.1 Å². The largest absolute Gasteiger partial charge is 0.241 e. The van der Waals surface area contributed by atoms with Gasteiger partial charge in [-0.1, -0.05) is 6.07 Å². The second-order valence-corrected chi connectivity index (χ2v) is 1.80. The van der Waals surface area contributed by atoms with Crippen molar-refractivity contribution < 1.29 is 8.78 Å². The molecule has 11 heavy (non-hydrogen) atoms. The molecule has 0 aliphatic carbocycles. The molecule has 0 radical (unpaired) electrons. The SMILES string of the molecule is N=C=Nc1cccc(F)c1F. The smallest absolute Gasteiger partial charge is 0.185 e. The molecule has 1 aromatic rings. The third kappa shape index (κ3) is 1.48. The van der Waals surface area contributed by atoms with Crippen LogP contribution >= 0.6 is 0 Å². The lowest BCUT2D eigenvalue weighted by Crippen LogP contribution is -1.81. The van der Waals surface area contributed by atoms with E-state index in [4.69, 9.17) is 5.41 Å². The molecule has 56 valence electrons. The first kappa shape index (κ1) is 7.57. The van der Waals surface area contributed by atoms with Gasteiger partial charge in [0.25, 0.3) is 0 Å². The van der Waals surface area contributed by atoms with Crippen LogP contribution in [0.5, 0.6) is 0 Å². The van der Waals surface area contributed by atoms with Crippen molar-refractivity contribution in [3.05, 3.63) is 29.8 Å². The highest BCUT2D eigenvalue weighted by Gasteiger charge is 2.04. The van der Waals surface area contributed by atoms with Crippen molar-refractivity contribution in [2.75, 3.05) is 0 Å². The minimum atomic E-state index is -1.05. The molecule has 0 atom stereocenters.